The predicted octanol–water partition coefficient (Wildman–Crippen LogP) is 3.16. The first-order valence-electron chi connectivity index (χ1n) is 6.05. The number of hydrogen-bond donors (Lipinski definition) is 1. The Morgan fingerprint density at radius 3 is 2.69 bits per heavy atom. The van der Waals surface area contributed by atoms with Crippen LogP contribution in [0.2, 0.25) is 0 Å². The lowest BCUT2D eigenvalue weighted by Gasteiger charge is -2.09. The second kappa shape index (κ2) is 6.46. The van der Waals surface area contributed by atoms with E-state index in [4.69, 9.17) is 4.84 Å². The van der Waals surface area contributed by atoms with Crippen molar-refractivity contribution in [3.05, 3.63) is 42.0 Å². The summed E-state index contributed by atoms with van der Waals surface area (Å²) in [6.07, 6.45) is 9.66. The number of benzene rings is 1. The molecule has 0 bridgehead atoms. The van der Waals surface area contributed by atoms with E-state index in [1.54, 1.807) is 0 Å². The molecule has 1 aromatic carbocycles. The number of rotatable bonds is 5. The summed E-state index contributed by atoms with van der Waals surface area (Å²) in [4.78, 5) is 5.54. The Kier molecular flexibility index (Phi) is 4.59. The summed E-state index contributed by atoms with van der Waals surface area (Å²) in [6.45, 7) is 0.769. The van der Waals surface area contributed by atoms with Crippen LogP contribution < -0.4 is 5.48 Å². The van der Waals surface area contributed by atoms with Crippen LogP contribution in [-0.2, 0) is 4.84 Å². The Hall–Kier alpha value is -1.12. The van der Waals surface area contributed by atoms with Gasteiger partial charge in [0.15, 0.2) is 0 Å². The largest absolute Gasteiger partial charge is 0.298 e. The average molecular weight is 217 g/mol. The fourth-order valence-corrected chi connectivity index (χ4v) is 1.98. The van der Waals surface area contributed by atoms with Gasteiger partial charge in [-0.15, -0.1) is 0 Å². The molecule has 0 aromatic heterocycles. The van der Waals surface area contributed by atoms with Crippen LogP contribution in [0.15, 0.2) is 36.4 Å². The standard InChI is InChI=1S/C14H19NO/c1-2-7-13(8-3-1)9-6-12-15-16-14-10-4-5-11-14/h1-3,6-9,14-15H,4-5,10-12H2/b9-6+. The molecule has 0 unspecified atom stereocenters. The molecule has 0 spiro atoms. The summed E-state index contributed by atoms with van der Waals surface area (Å²) in [6, 6.07) is 10.3. The van der Waals surface area contributed by atoms with Gasteiger partial charge in [-0.2, -0.15) is 5.48 Å². The molecule has 1 aliphatic rings. The van der Waals surface area contributed by atoms with Gasteiger partial charge in [0.05, 0.1) is 6.10 Å². The minimum atomic E-state index is 0.435. The van der Waals surface area contributed by atoms with Gasteiger partial charge in [-0.05, 0) is 18.4 Å². The Morgan fingerprint density at radius 1 is 1.19 bits per heavy atom. The van der Waals surface area contributed by atoms with Crippen molar-refractivity contribution in [3.8, 4) is 0 Å². The van der Waals surface area contributed by atoms with Gasteiger partial charge >= 0.3 is 0 Å². The topological polar surface area (TPSA) is 21.3 Å². The molecule has 86 valence electrons. The second-order valence-corrected chi connectivity index (χ2v) is 4.19. The Bertz CT molecular complexity index is 315. The average Bonchev–Trinajstić information content (AvgIpc) is 2.83. The highest BCUT2D eigenvalue weighted by Gasteiger charge is 2.14. The maximum Gasteiger partial charge on any atom is 0.0790 e. The third-order valence-electron chi connectivity index (χ3n) is 2.86. The monoisotopic (exact) mass is 217 g/mol. The van der Waals surface area contributed by atoms with Gasteiger partial charge in [0.25, 0.3) is 0 Å². The number of hydroxylamine groups is 1. The molecule has 2 heteroatoms. The molecule has 1 aromatic rings. The van der Waals surface area contributed by atoms with Crippen molar-refractivity contribution in [2.24, 2.45) is 0 Å². The molecule has 1 aliphatic carbocycles. The van der Waals surface area contributed by atoms with Gasteiger partial charge in [0, 0.05) is 6.54 Å². The van der Waals surface area contributed by atoms with Crippen LogP contribution in [0.1, 0.15) is 31.2 Å². The predicted molar refractivity (Wildman–Crippen MR) is 66.8 cm³/mol. The van der Waals surface area contributed by atoms with E-state index in [1.165, 1.54) is 31.2 Å². The molecular formula is C14H19NO. The molecule has 16 heavy (non-hydrogen) atoms. The molecule has 2 nitrogen and oxygen atoms in total. The van der Waals surface area contributed by atoms with Crippen molar-refractivity contribution in [2.45, 2.75) is 31.8 Å². The number of nitrogens with one attached hydrogen (secondary N) is 1. The lowest BCUT2D eigenvalue weighted by molar-refractivity contribution is -0.0147. The summed E-state index contributed by atoms with van der Waals surface area (Å²) < 4.78 is 0. The second-order valence-electron chi connectivity index (χ2n) is 4.19. The van der Waals surface area contributed by atoms with Crippen molar-refractivity contribution in [2.75, 3.05) is 6.54 Å². The van der Waals surface area contributed by atoms with Crippen LogP contribution in [-0.4, -0.2) is 12.6 Å². The van der Waals surface area contributed by atoms with Gasteiger partial charge in [-0.25, -0.2) is 0 Å². The number of hydrogen-bond acceptors (Lipinski definition) is 2. The quantitative estimate of drug-likeness (QED) is 0.604. The van der Waals surface area contributed by atoms with E-state index in [0.717, 1.165) is 6.54 Å². The smallest absolute Gasteiger partial charge is 0.0790 e. The van der Waals surface area contributed by atoms with Gasteiger partial charge in [0.2, 0.25) is 0 Å². The van der Waals surface area contributed by atoms with E-state index in [9.17, 15) is 0 Å². The zero-order valence-corrected chi connectivity index (χ0v) is 9.56. The van der Waals surface area contributed by atoms with Crippen LogP contribution in [0.4, 0.5) is 0 Å². The van der Waals surface area contributed by atoms with E-state index in [0.29, 0.717) is 6.10 Å². The van der Waals surface area contributed by atoms with Crippen molar-refractivity contribution >= 4 is 6.08 Å². The highest BCUT2D eigenvalue weighted by Crippen LogP contribution is 2.19. The molecule has 0 heterocycles. The molecule has 0 saturated heterocycles. The van der Waals surface area contributed by atoms with Crippen LogP contribution in [0.3, 0.4) is 0 Å². The summed E-state index contributed by atoms with van der Waals surface area (Å²) in [7, 11) is 0. The third kappa shape index (κ3) is 3.80. The lowest BCUT2D eigenvalue weighted by atomic mass is 10.2. The van der Waals surface area contributed by atoms with Crippen LogP contribution >= 0.6 is 0 Å². The highest BCUT2D eigenvalue weighted by molar-refractivity contribution is 5.48. The molecule has 0 atom stereocenters. The third-order valence-corrected chi connectivity index (χ3v) is 2.86. The minimum absolute atomic E-state index is 0.435. The Morgan fingerprint density at radius 2 is 1.94 bits per heavy atom. The molecule has 0 radical (unpaired) electrons. The van der Waals surface area contributed by atoms with Crippen molar-refractivity contribution in [1.29, 1.82) is 0 Å². The molecule has 0 amide bonds. The van der Waals surface area contributed by atoms with E-state index in [1.807, 2.05) is 18.2 Å². The van der Waals surface area contributed by atoms with E-state index < -0.39 is 0 Å². The van der Waals surface area contributed by atoms with Crippen LogP contribution in [0.25, 0.3) is 6.08 Å². The molecular weight excluding hydrogens is 198 g/mol. The van der Waals surface area contributed by atoms with Gasteiger partial charge < -0.3 is 0 Å². The zero-order valence-electron chi connectivity index (χ0n) is 9.56. The van der Waals surface area contributed by atoms with Crippen LogP contribution in [0.5, 0.6) is 0 Å². The fourth-order valence-electron chi connectivity index (χ4n) is 1.98. The van der Waals surface area contributed by atoms with E-state index in [-0.39, 0.29) is 0 Å². The van der Waals surface area contributed by atoms with Crippen molar-refractivity contribution < 1.29 is 4.84 Å². The summed E-state index contributed by atoms with van der Waals surface area (Å²) >= 11 is 0. The first-order chi connectivity index (χ1) is 7.95. The summed E-state index contributed by atoms with van der Waals surface area (Å²) in [5, 5.41) is 0. The Balaban J connectivity index is 1.62. The van der Waals surface area contributed by atoms with E-state index >= 15 is 0 Å². The normalized spacial score (nSPS) is 17.2. The lowest BCUT2D eigenvalue weighted by Crippen LogP contribution is -2.21. The van der Waals surface area contributed by atoms with E-state index in [2.05, 4.69) is 29.8 Å². The SMILES string of the molecule is C(=C\c1ccccc1)/CNOC1CCCC1. The maximum absolute atomic E-state index is 5.54. The first-order valence-corrected chi connectivity index (χ1v) is 6.05. The molecule has 1 N–H and O–H groups in total. The Labute approximate surface area is 97.3 Å². The van der Waals surface area contributed by atoms with Crippen molar-refractivity contribution in [1.82, 2.24) is 5.48 Å². The summed E-state index contributed by atoms with van der Waals surface area (Å²) in [5.41, 5.74) is 4.24. The van der Waals surface area contributed by atoms with Crippen molar-refractivity contribution in [3.63, 3.8) is 0 Å². The fraction of sp³-hybridized carbons (Fsp3) is 0.429. The maximum atomic E-state index is 5.54. The zero-order chi connectivity index (χ0) is 11.1. The highest BCUT2D eigenvalue weighted by atomic mass is 16.7. The molecule has 1 saturated carbocycles. The summed E-state index contributed by atoms with van der Waals surface area (Å²) in [5.74, 6) is 0. The first kappa shape index (κ1) is 11.4. The molecule has 1 fully saturated rings. The van der Waals surface area contributed by atoms with Gasteiger partial charge in [0.1, 0.15) is 0 Å². The molecule has 2 rings (SSSR count). The van der Waals surface area contributed by atoms with Gasteiger partial charge in [-0.3, -0.25) is 4.84 Å². The van der Waals surface area contributed by atoms with Gasteiger partial charge in [-0.1, -0.05) is 55.3 Å². The minimum Gasteiger partial charge on any atom is -0.298 e. The molecule has 0 aliphatic heterocycles. The van der Waals surface area contributed by atoms with Crippen LogP contribution in [0, 0.1) is 0 Å².